The maximum atomic E-state index is 13.5. The lowest BCUT2D eigenvalue weighted by molar-refractivity contribution is 0.0529. The van der Waals surface area contributed by atoms with Gasteiger partial charge in [-0.1, -0.05) is 6.07 Å². The lowest BCUT2D eigenvalue weighted by atomic mass is 10.1. The van der Waals surface area contributed by atoms with Crippen molar-refractivity contribution in [3.05, 3.63) is 59.3 Å². The van der Waals surface area contributed by atoms with Crippen LogP contribution in [-0.2, 0) is 11.3 Å². The Morgan fingerprint density at radius 2 is 2.10 bits per heavy atom. The summed E-state index contributed by atoms with van der Waals surface area (Å²) < 4.78 is 32.2. The fraction of sp³-hybridized carbons (Fsp3) is 0.429. The van der Waals surface area contributed by atoms with Gasteiger partial charge < -0.3 is 20.3 Å². The highest BCUT2D eigenvalue weighted by molar-refractivity contribution is 14.0. The van der Waals surface area contributed by atoms with Gasteiger partial charge in [-0.25, -0.2) is 13.8 Å². The van der Waals surface area contributed by atoms with E-state index in [0.717, 1.165) is 30.5 Å². The Balaban J connectivity index is 0.00000320. The lowest BCUT2D eigenvalue weighted by Gasteiger charge is -2.32. The van der Waals surface area contributed by atoms with Crippen molar-refractivity contribution in [2.75, 3.05) is 31.6 Å². The van der Waals surface area contributed by atoms with E-state index in [4.69, 9.17) is 4.74 Å². The maximum absolute atomic E-state index is 13.5. The third kappa shape index (κ3) is 6.49. The van der Waals surface area contributed by atoms with Crippen LogP contribution in [0.25, 0.3) is 0 Å². The molecule has 30 heavy (non-hydrogen) atoms. The zero-order valence-corrected chi connectivity index (χ0v) is 19.7. The first-order chi connectivity index (χ1) is 14.0. The standard InChI is InChI=1S/C21H27F2N5O.HI/c1-14-13-28(8-9-29-14)20-10-16(6-7-25-20)12-26-21(24-3)27-15(2)17-4-5-18(22)19(23)11-17;/h4-7,10-11,14-15H,8-9,12-13H2,1-3H3,(H2,24,26,27);1H. The molecule has 2 unspecified atom stereocenters. The number of nitrogens with one attached hydrogen (secondary N) is 2. The van der Waals surface area contributed by atoms with Gasteiger partial charge in [-0.15, -0.1) is 24.0 Å². The normalized spacial score (nSPS) is 17.8. The molecule has 1 fully saturated rings. The van der Waals surface area contributed by atoms with Crippen LogP contribution < -0.4 is 15.5 Å². The summed E-state index contributed by atoms with van der Waals surface area (Å²) in [5.41, 5.74) is 1.71. The second kappa shape index (κ2) is 11.4. The fourth-order valence-electron chi connectivity index (χ4n) is 3.22. The van der Waals surface area contributed by atoms with E-state index in [9.17, 15) is 8.78 Å². The Hall–Kier alpha value is -2.01. The molecule has 1 aliphatic rings. The quantitative estimate of drug-likeness (QED) is 0.351. The number of ether oxygens (including phenoxy) is 1. The summed E-state index contributed by atoms with van der Waals surface area (Å²) in [7, 11) is 1.67. The number of halogens is 3. The summed E-state index contributed by atoms with van der Waals surface area (Å²) >= 11 is 0. The largest absolute Gasteiger partial charge is 0.375 e. The monoisotopic (exact) mass is 531 g/mol. The van der Waals surface area contributed by atoms with E-state index in [0.29, 0.717) is 24.7 Å². The van der Waals surface area contributed by atoms with Crippen LogP contribution in [0, 0.1) is 11.6 Å². The first-order valence-electron chi connectivity index (χ1n) is 9.70. The number of rotatable bonds is 5. The number of anilines is 1. The molecule has 1 saturated heterocycles. The predicted molar refractivity (Wildman–Crippen MR) is 125 cm³/mol. The Morgan fingerprint density at radius 3 is 2.80 bits per heavy atom. The number of benzene rings is 1. The van der Waals surface area contributed by atoms with Crippen molar-refractivity contribution in [3.63, 3.8) is 0 Å². The van der Waals surface area contributed by atoms with E-state index >= 15 is 0 Å². The number of aliphatic imine (C=N–C) groups is 1. The molecule has 1 aliphatic heterocycles. The highest BCUT2D eigenvalue weighted by Gasteiger charge is 2.18. The highest BCUT2D eigenvalue weighted by atomic mass is 127. The summed E-state index contributed by atoms with van der Waals surface area (Å²) in [6, 6.07) is 7.65. The summed E-state index contributed by atoms with van der Waals surface area (Å²) in [6.07, 6.45) is 1.99. The van der Waals surface area contributed by atoms with Gasteiger partial charge in [0, 0.05) is 32.9 Å². The summed E-state index contributed by atoms with van der Waals surface area (Å²) in [5.74, 6) is -0.217. The van der Waals surface area contributed by atoms with Crippen LogP contribution in [0.15, 0.2) is 41.5 Å². The third-order valence-electron chi connectivity index (χ3n) is 4.86. The minimum atomic E-state index is -0.860. The number of aromatic nitrogens is 1. The molecule has 1 aromatic heterocycles. The SMILES string of the molecule is CN=C(NCc1ccnc(N2CCOC(C)C2)c1)NC(C)c1ccc(F)c(F)c1.I. The molecule has 2 heterocycles. The van der Waals surface area contributed by atoms with Crippen LogP contribution in [-0.4, -0.2) is 43.8 Å². The van der Waals surface area contributed by atoms with Crippen LogP contribution in [0.3, 0.4) is 0 Å². The van der Waals surface area contributed by atoms with Crippen LogP contribution in [0.5, 0.6) is 0 Å². The lowest BCUT2D eigenvalue weighted by Crippen LogP contribution is -2.41. The van der Waals surface area contributed by atoms with Gasteiger partial charge in [0.15, 0.2) is 17.6 Å². The molecule has 0 spiro atoms. The zero-order chi connectivity index (χ0) is 20.8. The summed E-state index contributed by atoms with van der Waals surface area (Å²) in [5, 5.41) is 6.44. The smallest absolute Gasteiger partial charge is 0.191 e. The number of nitrogens with zero attached hydrogens (tertiary/aromatic N) is 3. The highest BCUT2D eigenvalue weighted by Crippen LogP contribution is 2.17. The number of pyridine rings is 1. The Morgan fingerprint density at radius 1 is 1.30 bits per heavy atom. The molecule has 1 aromatic carbocycles. The van der Waals surface area contributed by atoms with Gasteiger partial charge in [0.1, 0.15) is 5.82 Å². The molecule has 0 saturated carbocycles. The van der Waals surface area contributed by atoms with Crippen molar-refractivity contribution in [1.29, 1.82) is 0 Å². The molecule has 3 rings (SSSR count). The molecule has 0 radical (unpaired) electrons. The van der Waals surface area contributed by atoms with Gasteiger partial charge in [-0.05, 0) is 49.2 Å². The van der Waals surface area contributed by atoms with Gasteiger partial charge >= 0.3 is 0 Å². The van der Waals surface area contributed by atoms with E-state index in [1.165, 1.54) is 6.07 Å². The average molecular weight is 531 g/mol. The first kappa shape index (κ1) is 24.3. The van der Waals surface area contributed by atoms with Gasteiger partial charge in [0.05, 0.1) is 18.8 Å². The Labute approximate surface area is 193 Å². The summed E-state index contributed by atoms with van der Waals surface area (Å²) in [4.78, 5) is 10.9. The molecule has 6 nitrogen and oxygen atoms in total. The molecule has 2 atom stereocenters. The van der Waals surface area contributed by atoms with Crippen LogP contribution in [0.4, 0.5) is 14.6 Å². The van der Waals surface area contributed by atoms with Crippen molar-refractivity contribution in [3.8, 4) is 0 Å². The second-order valence-corrected chi connectivity index (χ2v) is 7.12. The fourth-order valence-corrected chi connectivity index (χ4v) is 3.22. The first-order valence-corrected chi connectivity index (χ1v) is 9.70. The zero-order valence-electron chi connectivity index (χ0n) is 17.4. The van der Waals surface area contributed by atoms with Gasteiger partial charge in [-0.2, -0.15) is 0 Å². The predicted octanol–water partition coefficient (Wildman–Crippen LogP) is 3.63. The van der Waals surface area contributed by atoms with E-state index in [1.54, 1.807) is 19.3 Å². The Bertz CT molecular complexity index is 867. The number of hydrogen-bond acceptors (Lipinski definition) is 4. The molecular formula is C21H28F2IN5O. The van der Waals surface area contributed by atoms with Crippen molar-refractivity contribution in [1.82, 2.24) is 15.6 Å². The number of morpholine rings is 1. The molecule has 0 amide bonds. The summed E-state index contributed by atoms with van der Waals surface area (Å²) in [6.45, 7) is 6.82. The van der Waals surface area contributed by atoms with Gasteiger partial charge in [0.2, 0.25) is 0 Å². The third-order valence-corrected chi connectivity index (χ3v) is 4.86. The molecule has 2 aromatic rings. The molecule has 0 aliphatic carbocycles. The van der Waals surface area contributed by atoms with Crippen molar-refractivity contribution in [2.24, 2.45) is 4.99 Å². The van der Waals surface area contributed by atoms with Crippen molar-refractivity contribution in [2.45, 2.75) is 32.5 Å². The van der Waals surface area contributed by atoms with Crippen LogP contribution >= 0.6 is 24.0 Å². The van der Waals surface area contributed by atoms with Crippen LogP contribution in [0.2, 0.25) is 0 Å². The minimum absolute atomic E-state index is 0. The number of hydrogen-bond donors (Lipinski definition) is 2. The van der Waals surface area contributed by atoms with Crippen LogP contribution in [0.1, 0.15) is 31.0 Å². The average Bonchev–Trinajstić information content (AvgIpc) is 2.73. The van der Waals surface area contributed by atoms with Gasteiger partial charge in [0.25, 0.3) is 0 Å². The molecule has 0 bridgehead atoms. The van der Waals surface area contributed by atoms with E-state index in [2.05, 4.69) is 38.5 Å². The van der Waals surface area contributed by atoms with E-state index in [1.807, 2.05) is 13.0 Å². The van der Waals surface area contributed by atoms with Crippen molar-refractivity contribution < 1.29 is 13.5 Å². The Kier molecular flexibility index (Phi) is 9.22. The van der Waals surface area contributed by atoms with E-state index in [-0.39, 0.29) is 36.1 Å². The minimum Gasteiger partial charge on any atom is -0.375 e. The number of guanidine groups is 1. The topological polar surface area (TPSA) is 61.8 Å². The van der Waals surface area contributed by atoms with Gasteiger partial charge in [-0.3, -0.25) is 4.99 Å². The van der Waals surface area contributed by atoms with Crippen molar-refractivity contribution >= 4 is 35.8 Å². The molecule has 9 heteroatoms. The maximum Gasteiger partial charge on any atom is 0.191 e. The molecular weight excluding hydrogens is 503 g/mol. The second-order valence-electron chi connectivity index (χ2n) is 7.12. The molecule has 164 valence electrons. The van der Waals surface area contributed by atoms with E-state index < -0.39 is 11.6 Å². The molecule has 2 N–H and O–H groups in total.